The summed E-state index contributed by atoms with van der Waals surface area (Å²) in [5.74, 6) is 2.23. The molecule has 9 heteroatoms. The molecule has 2 aliphatic rings. The molecule has 0 atom stereocenters. The maximum atomic E-state index is 12.9. The second-order valence-corrected chi connectivity index (χ2v) is 9.88. The molecule has 1 aliphatic carbocycles. The number of aromatic nitrogens is 4. The topological polar surface area (TPSA) is 92.5 Å². The zero-order chi connectivity index (χ0) is 20.0. The van der Waals surface area contributed by atoms with Crippen LogP contribution in [0.2, 0.25) is 0 Å². The van der Waals surface area contributed by atoms with Gasteiger partial charge < -0.3 is 5.32 Å². The van der Waals surface area contributed by atoms with Crippen LogP contribution in [0.15, 0.2) is 41.6 Å². The lowest BCUT2D eigenvalue weighted by Crippen LogP contribution is -2.42. The molecule has 152 valence electrons. The highest BCUT2D eigenvalue weighted by molar-refractivity contribution is 7.89. The van der Waals surface area contributed by atoms with Crippen LogP contribution >= 0.6 is 0 Å². The summed E-state index contributed by atoms with van der Waals surface area (Å²) in [6.07, 6.45) is 7.45. The summed E-state index contributed by atoms with van der Waals surface area (Å²) in [4.78, 5) is 4.81. The Morgan fingerprint density at radius 1 is 1.03 bits per heavy atom. The van der Waals surface area contributed by atoms with Crippen LogP contribution in [-0.2, 0) is 10.0 Å². The number of nitrogens with zero attached hydrogens (tertiary/aromatic N) is 5. The molecule has 1 saturated heterocycles. The van der Waals surface area contributed by atoms with E-state index in [1.54, 1.807) is 22.6 Å². The minimum absolute atomic E-state index is 0.152. The van der Waals surface area contributed by atoms with Gasteiger partial charge in [0.25, 0.3) is 0 Å². The van der Waals surface area contributed by atoms with Crippen molar-refractivity contribution in [1.82, 2.24) is 23.9 Å². The lowest BCUT2D eigenvalue weighted by molar-refractivity contribution is 0.329. The van der Waals surface area contributed by atoms with Crippen molar-refractivity contribution in [2.24, 2.45) is 0 Å². The molecular weight excluding hydrogens is 388 g/mol. The van der Waals surface area contributed by atoms with Crippen molar-refractivity contribution in [2.45, 2.75) is 49.5 Å². The summed E-state index contributed by atoms with van der Waals surface area (Å²) >= 11 is 0. The standard InChI is InChI=1S/C20H24N6O2S/c1-14-2-6-17(7-3-14)29(27,28)25-11-8-16(9-12-25)22-18-20-24-23-19(15-4-5-15)26(20)13-10-21-18/h2-3,6-7,10,13,15-16H,4-5,8-9,11-12H2,1H3,(H,21,22). The van der Waals surface area contributed by atoms with E-state index in [1.807, 2.05) is 29.7 Å². The molecule has 2 aromatic heterocycles. The molecule has 3 heterocycles. The zero-order valence-corrected chi connectivity index (χ0v) is 17.1. The fraction of sp³-hybridized carbons (Fsp3) is 0.450. The van der Waals surface area contributed by atoms with E-state index in [4.69, 9.17) is 0 Å². The van der Waals surface area contributed by atoms with Gasteiger partial charge in [-0.1, -0.05) is 17.7 Å². The van der Waals surface area contributed by atoms with E-state index in [-0.39, 0.29) is 6.04 Å². The van der Waals surface area contributed by atoms with Crippen LogP contribution < -0.4 is 5.32 Å². The Kier molecular flexibility index (Phi) is 4.51. The normalized spacial score (nSPS) is 18.9. The quantitative estimate of drug-likeness (QED) is 0.692. The number of rotatable bonds is 5. The third kappa shape index (κ3) is 3.49. The minimum Gasteiger partial charge on any atom is -0.364 e. The van der Waals surface area contributed by atoms with Gasteiger partial charge in [-0.2, -0.15) is 4.31 Å². The number of hydrogen-bond acceptors (Lipinski definition) is 6. The van der Waals surface area contributed by atoms with Crippen LogP contribution in [0, 0.1) is 6.92 Å². The number of nitrogens with one attached hydrogen (secondary N) is 1. The van der Waals surface area contributed by atoms with Gasteiger partial charge in [-0.3, -0.25) is 4.40 Å². The molecule has 29 heavy (non-hydrogen) atoms. The Bertz CT molecular complexity index is 1130. The second-order valence-electron chi connectivity index (χ2n) is 7.94. The highest BCUT2D eigenvalue weighted by atomic mass is 32.2. The van der Waals surface area contributed by atoms with Crippen molar-refractivity contribution in [3.63, 3.8) is 0 Å². The smallest absolute Gasteiger partial charge is 0.243 e. The molecule has 1 saturated carbocycles. The lowest BCUT2D eigenvalue weighted by Gasteiger charge is -2.31. The third-order valence-electron chi connectivity index (χ3n) is 5.75. The Morgan fingerprint density at radius 3 is 2.45 bits per heavy atom. The average Bonchev–Trinajstić information content (AvgIpc) is 3.47. The first-order chi connectivity index (χ1) is 14.0. The van der Waals surface area contributed by atoms with Crippen molar-refractivity contribution in [2.75, 3.05) is 18.4 Å². The highest BCUT2D eigenvalue weighted by Gasteiger charge is 2.31. The predicted octanol–water partition coefficient (Wildman–Crippen LogP) is 2.58. The van der Waals surface area contributed by atoms with Gasteiger partial charge in [-0.15, -0.1) is 10.2 Å². The molecule has 0 unspecified atom stereocenters. The molecule has 5 rings (SSSR count). The number of sulfonamides is 1. The SMILES string of the molecule is Cc1ccc(S(=O)(=O)N2CCC(Nc3nccn4c(C5CC5)nnc34)CC2)cc1. The number of anilines is 1. The summed E-state index contributed by atoms with van der Waals surface area (Å²) in [7, 11) is -3.45. The molecule has 1 aliphatic heterocycles. The Morgan fingerprint density at radius 2 is 1.76 bits per heavy atom. The van der Waals surface area contributed by atoms with Crippen LogP contribution in [0.5, 0.6) is 0 Å². The third-order valence-corrected chi connectivity index (χ3v) is 7.66. The van der Waals surface area contributed by atoms with Crippen LogP contribution in [0.25, 0.3) is 5.65 Å². The van der Waals surface area contributed by atoms with E-state index in [9.17, 15) is 8.42 Å². The van der Waals surface area contributed by atoms with E-state index in [1.165, 1.54) is 12.8 Å². The van der Waals surface area contributed by atoms with Crippen LogP contribution in [0.3, 0.4) is 0 Å². The van der Waals surface area contributed by atoms with Gasteiger partial charge in [0.15, 0.2) is 5.82 Å². The van der Waals surface area contributed by atoms with Gasteiger partial charge >= 0.3 is 0 Å². The summed E-state index contributed by atoms with van der Waals surface area (Å²) < 4.78 is 29.4. The van der Waals surface area contributed by atoms with E-state index in [0.717, 1.165) is 29.9 Å². The van der Waals surface area contributed by atoms with Crippen molar-refractivity contribution in [3.05, 3.63) is 48.0 Å². The summed E-state index contributed by atoms with van der Waals surface area (Å²) in [5.41, 5.74) is 1.79. The maximum absolute atomic E-state index is 12.9. The van der Waals surface area contributed by atoms with Gasteiger partial charge in [0.2, 0.25) is 15.7 Å². The molecule has 8 nitrogen and oxygen atoms in total. The fourth-order valence-corrected chi connectivity index (χ4v) is 5.33. The summed E-state index contributed by atoms with van der Waals surface area (Å²) in [6, 6.07) is 7.19. The number of piperidine rings is 1. The zero-order valence-electron chi connectivity index (χ0n) is 16.3. The lowest BCUT2D eigenvalue weighted by atomic mass is 10.1. The number of benzene rings is 1. The molecule has 0 spiro atoms. The first-order valence-electron chi connectivity index (χ1n) is 10.1. The monoisotopic (exact) mass is 412 g/mol. The van der Waals surface area contributed by atoms with Crippen molar-refractivity contribution in [1.29, 1.82) is 0 Å². The van der Waals surface area contributed by atoms with Crippen molar-refractivity contribution in [3.8, 4) is 0 Å². The average molecular weight is 413 g/mol. The molecule has 0 amide bonds. The Balaban J connectivity index is 1.28. The van der Waals surface area contributed by atoms with Crippen molar-refractivity contribution < 1.29 is 8.42 Å². The van der Waals surface area contributed by atoms with Gasteiger partial charge in [0, 0.05) is 37.4 Å². The summed E-state index contributed by atoms with van der Waals surface area (Å²) in [6.45, 7) is 2.92. The van der Waals surface area contributed by atoms with Crippen LogP contribution in [-0.4, -0.2) is 51.4 Å². The Labute approximate surface area is 170 Å². The molecule has 0 radical (unpaired) electrons. The van der Waals surface area contributed by atoms with Crippen LogP contribution in [0.1, 0.15) is 43.0 Å². The molecule has 0 bridgehead atoms. The summed E-state index contributed by atoms with van der Waals surface area (Å²) in [5, 5.41) is 12.1. The molecule has 2 fully saturated rings. The minimum atomic E-state index is -3.45. The molecule has 1 aromatic carbocycles. The van der Waals surface area contributed by atoms with Gasteiger partial charge in [0.05, 0.1) is 4.90 Å². The molecular formula is C20H24N6O2S. The fourth-order valence-electron chi connectivity index (χ4n) is 3.86. The van der Waals surface area contributed by atoms with E-state index < -0.39 is 10.0 Å². The second kappa shape index (κ2) is 7.07. The Hall–Kier alpha value is -2.52. The molecule has 3 aromatic rings. The van der Waals surface area contributed by atoms with E-state index in [0.29, 0.717) is 29.7 Å². The molecule has 1 N–H and O–H groups in total. The highest BCUT2D eigenvalue weighted by Crippen LogP contribution is 2.39. The van der Waals surface area contributed by atoms with Gasteiger partial charge in [0.1, 0.15) is 5.82 Å². The first-order valence-corrected chi connectivity index (χ1v) is 11.5. The number of fused-ring (bicyclic) bond motifs is 1. The van der Waals surface area contributed by atoms with E-state index in [2.05, 4.69) is 20.5 Å². The largest absolute Gasteiger partial charge is 0.364 e. The first kappa shape index (κ1) is 18.5. The number of aryl methyl sites for hydroxylation is 1. The van der Waals surface area contributed by atoms with Crippen LogP contribution in [0.4, 0.5) is 5.82 Å². The maximum Gasteiger partial charge on any atom is 0.243 e. The number of hydrogen-bond donors (Lipinski definition) is 1. The van der Waals surface area contributed by atoms with Crippen molar-refractivity contribution >= 4 is 21.5 Å². The van der Waals surface area contributed by atoms with E-state index >= 15 is 0 Å². The van der Waals surface area contributed by atoms with Gasteiger partial charge in [-0.05, 0) is 44.7 Å². The van der Waals surface area contributed by atoms with Gasteiger partial charge in [-0.25, -0.2) is 13.4 Å². The predicted molar refractivity (Wildman–Crippen MR) is 109 cm³/mol.